The second-order valence-corrected chi connectivity index (χ2v) is 4.26. The lowest BCUT2D eigenvalue weighted by Crippen LogP contribution is -2.30. The Labute approximate surface area is 94.4 Å². The van der Waals surface area contributed by atoms with Gasteiger partial charge in [0.05, 0.1) is 6.04 Å². The van der Waals surface area contributed by atoms with Crippen molar-refractivity contribution in [3.05, 3.63) is 33.3 Å². The molecule has 0 aliphatic rings. The average molecular weight is 285 g/mol. The fourth-order valence-corrected chi connectivity index (χ4v) is 1.78. The highest BCUT2D eigenvalue weighted by molar-refractivity contribution is 9.10. The van der Waals surface area contributed by atoms with Gasteiger partial charge in [-0.05, 0) is 24.1 Å². The zero-order valence-corrected chi connectivity index (χ0v) is 9.52. The van der Waals surface area contributed by atoms with E-state index in [1.807, 2.05) is 0 Å². The summed E-state index contributed by atoms with van der Waals surface area (Å²) in [6.45, 7) is 0. The molecule has 1 rings (SSSR count). The summed E-state index contributed by atoms with van der Waals surface area (Å²) in [6, 6.07) is 3.94. The second-order valence-electron chi connectivity index (χ2n) is 2.94. The number of alkyl halides is 2. The van der Waals surface area contributed by atoms with Crippen molar-refractivity contribution in [3.63, 3.8) is 0 Å². The molecule has 78 valence electrons. The standard InChI is InChI=1S/C9H9BrClF2N/c10-6-2-1-5(7(11)4-6)3-8(14)9(12)13/h1-2,4,8-9H,3,14H2. The molecule has 0 aliphatic carbocycles. The second kappa shape index (κ2) is 5.05. The van der Waals surface area contributed by atoms with Gasteiger partial charge in [0.15, 0.2) is 0 Å². The summed E-state index contributed by atoms with van der Waals surface area (Å²) in [4.78, 5) is 0. The summed E-state index contributed by atoms with van der Waals surface area (Å²) in [5, 5.41) is 0.454. The first-order chi connectivity index (χ1) is 6.50. The van der Waals surface area contributed by atoms with E-state index in [0.717, 1.165) is 4.47 Å². The van der Waals surface area contributed by atoms with E-state index in [4.69, 9.17) is 17.3 Å². The van der Waals surface area contributed by atoms with Crippen LogP contribution in [0.4, 0.5) is 8.78 Å². The van der Waals surface area contributed by atoms with E-state index in [2.05, 4.69) is 15.9 Å². The molecule has 1 atom stereocenters. The van der Waals surface area contributed by atoms with E-state index >= 15 is 0 Å². The van der Waals surface area contributed by atoms with Crippen molar-refractivity contribution in [1.82, 2.24) is 0 Å². The van der Waals surface area contributed by atoms with E-state index in [0.29, 0.717) is 10.6 Å². The Hall–Kier alpha value is -0.190. The van der Waals surface area contributed by atoms with Crippen molar-refractivity contribution >= 4 is 27.5 Å². The molecule has 1 aromatic rings. The summed E-state index contributed by atoms with van der Waals surface area (Å²) in [7, 11) is 0. The van der Waals surface area contributed by atoms with Gasteiger partial charge in [0, 0.05) is 9.50 Å². The van der Waals surface area contributed by atoms with Gasteiger partial charge in [-0.15, -0.1) is 0 Å². The van der Waals surface area contributed by atoms with E-state index in [1.54, 1.807) is 18.2 Å². The van der Waals surface area contributed by atoms with E-state index in [1.165, 1.54) is 0 Å². The monoisotopic (exact) mass is 283 g/mol. The van der Waals surface area contributed by atoms with E-state index in [-0.39, 0.29) is 6.42 Å². The predicted octanol–water partition coefficient (Wildman–Crippen LogP) is 3.24. The average Bonchev–Trinajstić information content (AvgIpc) is 2.09. The minimum Gasteiger partial charge on any atom is -0.323 e. The van der Waals surface area contributed by atoms with Crippen molar-refractivity contribution in [2.45, 2.75) is 18.9 Å². The third-order valence-electron chi connectivity index (χ3n) is 1.79. The zero-order chi connectivity index (χ0) is 10.7. The molecule has 0 amide bonds. The largest absolute Gasteiger partial charge is 0.323 e. The van der Waals surface area contributed by atoms with Crippen LogP contribution in [-0.4, -0.2) is 12.5 Å². The molecule has 1 unspecified atom stereocenters. The van der Waals surface area contributed by atoms with Crippen molar-refractivity contribution in [2.24, 2.45) is 5.73 Å². The normalized spacial score (nSPS) is 13.3. The topological polar surface area (TPSA) is 26.0 Å². The van der Waals surface area contributed by atoms with Gasteiger partial charge >= 0.3 is 0 Å². The van der Waals surface area contributed by atoms with Crippen LogP contribution >= 0.6 is 27.5 Å². The lowest BCUT2D eigenvalue weighted by atomic mass is 10.1. The van der Waals surface area contributed by atoms with Crippen LogP contribution in [0, 0.1) is 0 Å². The van der Waals surface area contributed by atoms with E-state index < -0.39 is 12.5 Å². The third kappa shape index (κ3) is 3.19. The van der Waals surface area contributed by atoms with Gasteiger partial charge in [-0.2, -0.15) is 0 Å². The van der Waals surface area contributed by atoms with Crippen molar-refractivity contribution < 1.29 is 8.78 Å². The molecule has 14 heavy (non-hydrogen) atoms. The molecule has 5 heteroatoms. The van der Waals surface area contributed by atoms with Crippen LogP contribution in [0.2, 0.25) is 5.02 Å². The first-order valence-electron chi connectivity index (χ1n) is 3.98. The Morgan fingerprint density at radius 2 is 2.07 bits per heavy atom. The number of rotatable bonds is 3. The Morgan fingerprint density at radius 3 is 2.57 bits per heavy atom. The van der Waals surface area contributed by atoms with Gasteiger partial charge in [0.2, 0.25) is 0 Å². The molecule has 0 aromatic heterocycles. The molecule has 0 saturated heterocycles. The van der Waals surface area contributed by atoms with Gasteiger partial charge < -0.3 is 5.73 Å². The Balaban J connectivity index is 2.77. The van der Waals surface area contributed by atoms with Crippen LogP contribution in [0.15, 0.2) is 22.7 Å². The van der Waals surface area contributed by atoms with Crippen LogP contribution in [0.3, 0.4) is 0 Å². The highest BCUT2D eigenvalue weighted by atomic mass is 79.9. The Bertz CT molecular complexity index is 320. The summed E-state index contributed by atoms with van der Waals surface area (Å²) in [5.74, 6) is 0. The molecular formula is C9H9BrClF2N. The molecule has 0 heterocycles. The highest BCUT2D eigenvalue weighted by Crippen LogP contribution is 2.22. The quantitative estimate of drug-likeness (QED) is 0.906. The fourth-order valence-electron chi connectivity index (χ4n) is 1.03. The van der Waals surface area contributed by atoms with Gasteiger partial charge in [0.1, 0.15) is 0 Å². The van der Waals surface area contributed by atoms with Crippen LogP contribution in [0.1, 0.15) is 5.56 Å². The minimum atomic E-state index is -2.52. The maximum Gasteiger partial charge on any atom is 0.253 e. The molecule has 0 aliphatic heterocycles. The van der Waals surface area contributed by atoms with Gasteiger partial charge in [-0.25, -0.2) is 8.78 Å². The molecular weight excluding hydrogens is 275 g/mol. The van der Waals surface area contributed by atoms with E-state index in [9.17, 15) is 8.78 Å². The molecule has 0 saturated carbocycles. The van der Waals surface area contributed by atoms with Crippen molar-refractivity contribution in [3.8, 4) is 0 Å². The van der Waals surface area contributed by atoms with Crippen molar-refractivity contribution in [1.29, 1.82) is 0 Å². The molecule has 1 nitrogen and oxygen atoms in total. The summed E-state index contributed by atoms with van der Waals surface area (Å²) in [6.07, 6.45) is -2.43. The molecule has 2 N–H and O–H groups in total. The Morgan fingerprint density at radius 1 is 1.43 bits per heavy atom. The first kappa shape index (κ1) is 11.9. The fraction of sp³-hybridized carbons (Fsp3) is 0.333. The number of benzene rings is 1. The molecule has 0 fully saturated rings. The van der Waals surface area contributed by atoms with Crippen LogP contribution in [0.25, 0.3) is 0 Å². The lowest BCUT2D eigenvalue weighted by Gasteiger charge is -2.11. The summed E-state index contributed by atoms with van der Waals surface area (Å²) >= 11 is 9.08. The van der Waals surface area contributed by atoms with Gasteiger partial charge in [-0.3, -0.25) is 0 Å². The zero-order valence-electron chi connectivity index (χ0n) is 7.18. The number of hydrogen-bond donors (Lipinski definition) is 1. The molecule has 1 aromatic carbocycles. The highest BCUT2D eigenvalue weighted by Gasteiger charge is 2.16. The summed E-state index contributed by atoms with van der Waals surface area (Å²) in [5.41, 5.74) is 5.88. The molecule has 0 spiro atoms. The number of halogens is 4. The molecule has 0 bridgehead atoms. The van der Waals surface area contributed by atoms with Crippen LogP contribution in [0.5, 0.6) is 0 Å². The van der Waals surface area contributed by atoms with Crippen molar-refractivity contribution in [2.75, 3.05) is 0 Å². The molecule has 0 radical (unpaired) electrons. The van der Waals surface area contributed by atoms with Crippen LogP contribution in [-0.2, 0) is 6.42 Å². The van der Waals surface area contributed by atoms with Gasteiger partial charge in [-0.1, -0.05) is 33.6 Å². The lowest BCUT2D eigenvalue weighted by molar-refractivity contribution is 0.116. The third-order valence-corrected chi connectivity index (χ3v) is 2.64. The predicted molar refractivity (Wildman–Crippen MR) is 56.8 cm³/mol. The Kier molecular flexibility index (Phi) is 4.29. The number of nitrogens with two attached hydrogens (primary N) is 1. The maximum absolute atomic E-state index is 12.1. The minimum absolute atomic E-state index is 0.0871. The first-order valence-corrected chi connectivity index (χ1v) is 5.15. The smallest absolute Gasteiger partial charge is 0.253 e. The van der Waals surface area contributed by atoms with Crippen LogP contribution < -0.4 is 5.73 Å². The van der Waals surface area contributed by atoms with Gasteiger partial charge in [0.25, 0.3) is 6.43 Å². The maximum atomic E-state index is 12.1. The summed E-state index contributed by atoms with van der Waals surface area (Å²) < 4.78 is 25.1. The SMILES string of the molecule is NC(Cc1ccc(Br)cc1Cl)C(F)F. The number of hydrogen-bond acceptors (Lipinski definition) is 1.